The molecule has 0 heterocycles. The molecule has 0 aliphatic heterocycles. The molecule has 0 aromatic heterocycles. The van der Waals surface area contributed by atoms with Gasteiger partial charge in [-0.15, -0.1) is 0 Å². The van der Waals surface area contributed by atoms with Crippen LogP contribution in [0.15, 0.2) is 12.3 Å². The molecule has 0 unspecified atom stereocenters. The quantitative estimate of drug-likeness (QED) is 0.412. The lowest BCUT2D eigenvalue weighted by atomic mass is 10.0. The van der Waals surface area contributed by atoms with E-state index in [1.54, 1.807) is 20.5 Å². The Bertz CT molecular complexity index is 173. The molecule has 0 aromatic carbocycles. The van der Waals surface area contributed by atoms with E-state index in [0.717, 1.165) is 0 Å². The van der Waals surface area contributed by atoms with Gasteiger partial charge in [0.25, 0.3) is 0 Å². The first-order valence-electron chi connectivity index (χ1n) is 5.74. The predicted octanol–water partition coefficient (Wildman–Crippen LogP) is 2.50. The lowest BCUT2D eigenvalue weighted by Crippen LogP contribution is -2.21. The summed E-state index contributed by atoms with van der Waals surface area (Å²) in [5, 5.41) is 0. The van der Waals surface area contributed by atoms with Gasteiger partial charge in [0.15, 0.2) is 0 Å². The summed E-state index contributed by atoms with van der Waals surface area (Å²) >= 11 is 0. The number of hydrogen-bond donors (Lipinski definition) is 0. The molecule has 0 N–H and O–H groups in total. The fourth-order valence-electron chi connectivity index (χ4n) is 1.93. The molecule has 1 saturated carbocycles. The molecule has 88 valence electrons. The van der Waals surface area contributed by atoms with Crippen LogP contribution in [0.2, 0.25) is 0 Å². The zero-order valence-electron chi connectivity index (χ0n) is 9.78. The van der Waals surface area contributed by atoms with Crippen LogP contribution < -0.4 is 0 Å². The molecular formula is C11H22O3Si. The molecule has 1 aliphatic carbocycles. The van der Waals surface area contributed by atoms with Crippen LogP contribution >= 0.6 is 0 Å². The molecule has 1 aliphatic rings. The standard InChI is InChI=1S/C11H22O3Si/c1-12-15(13-2)14-10-9-11-7-5-3-4-6-8-11/h9-11,15H,3-8H2,1-2H3. The average molecular weight is 230 g/mol. The van der Waals surface area contributed by atoms with Gasteiger partial charge in [0.2, 0.25) is 0 Å². The molecule has 0 saturated heterocycles. The fourth-order valence-corrected chi connectivity index (χ4v) is 2.57. The third-order valence-corrected chi connectivity index (χ3v) is 3.97. The smallest absolute Gasteiger partial charge is 0.510 e. The molecule has 3 nitrogen and oxygen atoms in total. The van der Waals surface area contributed by atoms with E-state index in [4.69, 9.17) is 13.3 Å². The first-order valence-corrected chi connectivity index (χ1v) is 7.16. The van der Waals surface area contributed by atoms with E-state index in [9.17, 15) is 0 Å². The summed E-state index contributed by atoms with van der Waals surface area (Å²) in [6, 6.07) is 0. The highest BCUT2D eigenvalue weighted by Gasteiger charge is 2.11. The molecule has 0 amide bonds. The molecule has 15 heavy (non-hydrogen) atoms. The summed E-state index contributed by atoms with van der Waals surface area (Å²) in [6.45, 7) is 0. The van der Waals surface area contributed by atoms with Crippen molar-refractivity contribution in [1.82, 2.24) is 0 Å². The van der Waals surface area contributed by atoms with Crippen LogP contribution in [-0.2, 0) is 13.3 Å². The normalized spacial score (nSPS) is 19.7. The summed E-state index contributed by atoms with van der Waals surface area (Å²) in [6.07, 6.45) is 12.0. The van der Waals surface area contributed by atoms with Crippen molar-refractivity contribution in [2.45, 2.75) is 38.5 Å². The van der Waals surface area contributed by atoms with Gasteiger partial charge in [-0.3, -0.25) is 0 Å². The van der Waals surface area contributed by atoms with Gasteiger partial charge >= 0.3 is 9.53 Å². The molecule has 1 rings (SSSR count). The van der Waals surface area contributed by atoms with Crippen LogP contribution in [-0.4, -0.2) is 23.7 Å². The van der Waals surface area contributed by atoms with E-state index in [-0.39, 0.29) is 0 Å². The summed E-state index contributed by atoms with van der Waals surface area (Å²) in [5.41, 5.74) is 0. The third-order valence-electron chi connectivity index (χ3n) is 2.83. The molecular weight excluding hydrogens is 208 g/mol. The van der Waals surface area contributed by atoms with Gasteiger partial charge in [-0.25, -0.2) is 0 Å². The first-order chi connectivity index (χ1) is 7.36. The summed E-state index contributed by atoms with van der Waals surface area (Å²) in [4.78, 5) is 0. The fraction of sp³-hybridized carbons (Fsp3) is 0.818. The maximum atomic E-state index is 5.40. The Morgan fingerprint density at radius 2 is 1.60 bits per heavy atom. The summed E-state index contributed by atoms with van der Waals surface area (Å²) in [7, 11) is 1.39. The Labute approximate surface area is 94.4 Å². The Morgan fingerprint density at radius 1 is 1.00 bits per heavy atom. The van der Waals surface area contributed by atoms with Crippen molar-refractivity contribution >= 4 is 9.53 Å². The largest absolute Gasteiger partial charge is 0.548 e. The van der Waals surface area contributed by atoms with Gasteiger partial charge in [-0.1, -0.05) is 25.7 Å². The monoisotopic (exact) mass is 230 g/mol. The van der Waals surface area contributed by atoms with Crippen LogP contribution in [0, 0.1) is 5.92 Å². The molecule has 0 spiro atoms. The molecule has 0 bridgehead atoms. The summed E-state index contributed by atoms with van der Waals surface area (Å²) < 4.78 is 15.5. The average Bonchev–Trinajstić information content (AvgIpc) is 2.53. The topological polar surface area (TPSA) is 27.7 Å². The van der Waals surface area contributed by atoms with Crippen molar-refractivity contribution in [3.63, 3.8) is 0 Å². The van der Waals surface area contributed by atoms with Crippen LogP contribution in [0.4, 0.5) is 0 Å². The second-order valence-corrected chi connectivity index (χ2v) is 5.77. The molecule has 4 heteroatoms. The van der Waals surface area contributed by atoms with Crippen LogP contribution in [0.3, 0.4) is 0 Å². The highest BCUT2D eigenvalue weighted by atomic mass is 28.3. The highest BCUT2D eigenvalue weighted by Crippen LogP contribution is 2.23. The second kappa shape index (κ2) is 7.90. The zero-order valence-corrected chi connectivity index (χ0v) is 10.9. The second-order valence-electron chi connectivity index (χ2n) is 3.98. The predicted molar refractivity (Wildman–Crippen MR) is 62.6 cm³/mol. The zero-order chi connectivity index (χ0) is 10.9. The minimum absolute atomic E-state index is 0.691. The third kappa shape index (κ3) is 5.35. The van der Waals surface area contributed by atoms with E-state index >= 15 is 0 Å². The van der Waals surface area contributed by atoms with E-state index in [1.165, 1.54) is 38.5 Å². The molecule has 1 fully saturated rings. The number of rotatable bonds is 5. The first kappa shape index (κ1) is 12.7. The lowest BCUT2D eigenvalue weighted by molar-refractivity contribution is 0.180. The van der Waals surface area contributed by atoms with Crippen molar-refractivity contribution in [2.75, 3.05) is 14.2 Å². The van der Waals surface area contributed by atoms with E-state index in [1.807, 2.05) is 0 Å². The van der Waals surface area contributed by atoms with Crippen LogP contribution in [0.5, 0.6) is 0 Å². The maximum absolute atomic E-state index is 5.40. The molecule has 0 aromatic rings. The van der Waals surface area contributed by atoms with Crippen LogP contribution in [0.1, 0.15) is 38.5 Å². The van der Waals surface area contributed by atoms with E-state index in [2.05, 4.69) is 6.08 Å². The molecule has 0 radical (unpaired) electrons. The van der Waals surface area contributed by atoms with E-state index < -0.39 is 9.53 Å². The van der Waals surface area contributed by atoms with Crippen molar-refractivity contribution in [3.8, 4) is 0 Å². The van der Waals surface area contributed by atoms with Crippen LogP contribution in [0.25, 0.3) is 0 Å². The van der Waals surface area contributed by atoms with Crippen molar-refractivity contribution in [2.24, 2.45) is 5.92 Å². The van der Waals surface area contributed by atoms with Crippen molar-refractivity contribution in [1.29, 1.82) is 0 Å². The molecule has 0 atom stereocenters. The van der Waals surface area contributed by atoms with Gasteiger partial charge in [-0.2, -0.15) is 0 Å². The van der Waals surface area contributed by atoms with E-state index in [0.29, 0.717) is 5.92 Å². The Balaban J connectivity index is 2.22. The minimum atomic E-state index is -1.86. The van der Waals surface area contributed by atoms with Gasteiger partial charge in [0.1, 0.15) is 0 Å². The van der Waals surface area contributed by atoms with Crippen molar-refractivity contribution < 1.29 is 13.3 Å². The van der Waals surface area contributed by atoms with Gasteiger partial charge in [0.05, 0.1) is 6.26 Å². The SMILES string of the molecule is CO[SiH](OC)OC=CC1CCCCCC1. The highest BCUT2D eigenvalue weighted by molar-refractivity contribution is 6.36. The summed E-state index contributed by atoms with van der Waals surface area (Å²) in [5.74, 6) is 0.691. The van der Waals surface area contributed by atoms with Gasteiger partial charge in [-0.05, 0) is 24.8 Å². The minimum Gasteiger partial charge on any atom is -0.510 e. The lowest BCUT2D eigenvalue weighted by Gasteiger charge is -2.11. The Morgan fingerprint density at radius 3 is 2.13 bits per heavy atom. The van der Waals surface area contributed by atoms with Gasteiger partial charge in [0, 0.05) is 14.2 Å². The Hall–Kier alpha value is -0.323. The van der Waals surface area contributed by atoms with Gasteiger partial charge < -0.3 is 13.3 Å². The maximum Gasteiger partial charge on any atom is 0.548 e. The number of allylic oxidation sites excluding steroid dienone is 1. The van der Waals surface area contributed by atoms with Crippen molar-refractivity contribution in [3.05, 3.63) is 12.3 Å². The number of hydrogen-bond acceptors (Lipinski definition) is 3. The Kier molecular flexibility index (Phi) is 6.71.